The number of carbonyl (C=O) groups excluding carboxylic acids is 1. The first-order chi connectivity index (χ1) is 14.5. The average molecular weight is 437 g/mol. The minimum Gasteiger partial charge on any atom is -0.480 e. The van der Waals surface area contributed by atoms with E-state index in [0.717, 1.165) is 33.4 Å². The summed E-state index contributed by atoms with van der Waals surface area (Å²) in [7, 11) is 0. The smallest absolute Gasteiger partial charge is 0.323 e. The molecular formula is C21H16N4O3S2. The third-order valence-electron chi connectivity index (χ3n) is 4.37. The molecule has 0 radical (unpaired) electrons. The summed E-state index contributed by atoms with van der Waals surface area (Å²) in [6, 6.07) is 13.6. The highest BCUT2D eigenvalue weighted by molar-refractivity contribution is 8.26. The predicted octanol–water partition coefficient (Wildman–Crippen LogP) is 3.28. The molecule has 7 nitrogen and oxygen atoms in total. The van der Waals surface area contributed by atoms with E-state index in [2.05, 4.69) is 4.98 Å². The lowest BCUT2D eigenvalue weighted by molar-refractivity contribution is -0.140. The van der Waals surface area contributed by atoms with Crippen LogP contribution in [0.4, 0.5) is 0 Å². The standard InChI is InChI=1S/C21H16N4O3S2/c26-18(27)13-25-20(28)17(30-21(25)29)9-16-12-24(11-14-5-2-1-3-6-14)23-19(16)15-7-4-8-22-10-15/h1-10,12H,11,13H2,(H,26,27)/b17-9+. The molecule has 1 aliphatic heterocycles. The lowest BCUT2D eigenvalue weighted by atomic mass is 10.1. The topological polar surface area (TPSA) is 88.3 Å². The minimum atomic E-state index is -1.11. The lowest BCUT2D eigenvalue weighted by Gasteiger charge is -2.10. The molecule has 0 unspecified atom stereocenters. The van der Waals surface area contributed by atoms with Crippen LogP contribution < -0.4 is 0 Å². The van der Waals surface area contributed by atoms with Gasteiger partial charge in [-0.1, -0.05) is 54.3 Å². The van der Waals surface area contributed by atoms with E-state index in [0.29, 0.717) is 17.1 Å². The van der Waals surface area contributed by atoms with Gasteiger partial charge in [0, 0.05) is 29.7 Å². The molecular weight excluding hydrogens is 420 g/mol. The van der Waals surface area contributed by atoms with E-state index in [9.17, 15) is 9.59 Å². The highest BCUT2D eigenvalue weighted by Gasteiger charge is 2.33. The Balaban J connectivity index is 1.71. The lowest BCUT2D eigenvalue weighted by Crippen LogP contribution is -2.33. The van der Waals surface area contributed by atoms with Crippen molar-refractivity contribution in [1.29, 1.82) is 0 Å². The van der Waals surface area contributed by atoms with E-state index in [4.69, 9.17) is 22.4 Å². The monoisotopic (exact) mass is 436 g/mol. The van der Waals surface area contributed by atoms with Crippen LogP contribution >= 0.6 is 24.0 Å². The number of benzene rings is 1. The van der Waals surface area contributed by atoms with E-state index >= 15 is 0 Å². The SMILES string of the molecule is O=C(O)CN1C(=O)/C(=C\c2cn(Cc3ccccc3)nc2-c2cccnc2)SC1=S. The van der Waals surface area contributed by atoms with Crippen LogP contribution in [0.1, 0.15) is 11.1 Å². The molecule has 1 aliphatic rings. The molecule has 2 aromatic heterocycles. The van der Waals surface area contributed by atoms with E-state index in [1.54, 1.807) is 18.5 Å². The van der Waals surface area contributed by atoms with Crippen LogP contribution in [0.5, 0.6) is 0 Å². The summed E-state index contributed by atoms with van der Waals surface area (Å²) in [5, 5.41) is 13.7. The fourth-order valence-corrected chi connectivity index (χ4v) is 4.28. The molecule has 30 heavy (non-hydrogen) atoms. The van der Waals surface area contributed by atoms with Crippen molar-refractivity contribution in [2.45, 2.75) is 6.54 Å². The van der Waals surface area contributed by atoms with Gasteiger partial charge in [0.1, 0.15) is 16.6 Å². The second-order valence-electron chi connectivity index (χ2n) is 6.52. The number of carbonyl (C=O) groups is 2. The second-order valence-corrected chi connectivity index (χ2v) is 8.20. The van der Waals surface area contributed by atoms with Crippen molar-refractivity contribution in [2.24, 2.45) is 0 Å². The Morgan fingerprint density at radius 1 is 1.20 bits per heavy atom. The summed E-state index contributed by atoms with van der Waals surface area (Å²) in [5.41, 5.74) is 3.32. The number of carboxylic acid groups (broad SMARTS) is 1. The molecule has 1 saturated heterocycles. The first-order valence-corrected chi connectivity index (χ1v) is 10.2. The third kappa shape index (κ3) is 4.32. The van der Waals surface area contributed by atoms with Crippen molar-refractivity contribution in [3.05, 3.63) is 77.1 Å². The highest BCUT2D eigenvalue weighted by Crippen LogP contribution is 2.34. The van der Waals surface area contributed by atoms with Gasteiger partial charge in [-0.15, -0.1) is 0 Å². The number of hydrogen-bond acceptors (Lipinski definition) is 6. The number of aliphatic carboxylic acids is 1. The van der Waals surface area contributed by atoms with E-state index in [1.807, 2.05) is 53.3 Å². The quantitative estimate of drug-likeness (QED) is 0.469. The zero-order valence-corrected chi connectivity index (χ0v) is 17.3. The second kappa shape index (κ2) is 8.60. The summed E-state index contributed by atoms with van der Waals surface area (Å²) < 4.78 is 2.04. The van der Waals surface area contributed by atoms with E-state index in [-0.39, 0.29) is 4.32 Å². The van der Waals surface area contributed by atoms with Gasteiger partial charge < -0.3 is 5.11 Å². The normalized spacial score (nSPS) is 15.2. The summed E-state index contributed by atoms with van der Waals surface area (Å²) >= 11 is 6.27. The molecule has 9 heteroatoms. The van der Waals surface area contributed by atoms with Crippen LogP contribution in [0.2, 0.25) is 0 Å². The summed E-state index contributed by atoms with van der Waals surface area (Å²) in [6.07, 6.45) is 6.96. The van der Waals surface area contributed by atoms with Crippen LogP contribution in [0.15, 0.2) is 66.0 Å². The highest BCUT2D eigenvalue weighted by atomic mass is 32.2. The molecule has 1 amide bonds. The van der Waals surface area contributed by atoms with Crippen molar-refractivity contribution in [2.75, 3.05) is 6.54 Å². The number of hydrogen-bond donors (Lipinski definition) is 1. The molecule has 1 N–H and O–H groups in total. The van der Waals surface area contributed by atoms with Gasteiger partial charge in [-0.2, -0.15) is 5.10 Å². The number of amides is 1. The maximum absolute atomic E-state index is 12.6. The van der Waals surface area contributed by atoms with Crippen molar-refractivity contribution in [1.82, 2.24) is 19.7 Å². The zero-order valence-electron chi connectivity index (χ0n) is 15.6. The molecule has 0 atom stereocenters. The van der Waals surface area contributed by atoms with E-state index < -0.39 is 18.4 Å². The van der Waals surface area contributed by atoms with Gasteiger partial charge in [0.15, 0.2) is 0 Å². The predicted molar refractivity (Wildman–Crippen MR) is 119 cm³/mol. The molecule has 1 fully saturated rings. The molecule has 0 bridgehead atoms. The van der Waals surface area contributed by atoms with Crippen molar-refractivity contribution in [3.63, 3.8) is 0 Å². The zero-order chi connectivity index (χ0) is 21.1. The van der Waals surface area contributed by atoms with Crippen LogP contribution in [-0.2, 0) is 16.1 Å². The Kier molecular flexibility index (Phi) is 5.73. The van der Waals surface area contributed by atoms with Crippen molar-refractivity contribution in [3.8, 4) is 11.3 Å². The Labute approximate surface area is 182 Å². The minimum absolute atomic E-state index is 0.230. The summed E-state index contributed by atoms with van der Waals surface area (Å²) in [4.78, 5) is 29.3. The fraction of sp³-hybridized carbons (Fsp3) is 0.0952. The largest absolute Gasteiger partial charge is 0.480 e. The Morgan fingerprint density at radius 3 is 2.70 bits per heavy atom. The van der Waals surface area contributed by atoms with Crippen LogP contribution in [0, 0.1) is 0 Å². The Hall–Kier alpha value is -3.30. The van der Waals surface area contributed by atoms with Crippen LogP contribution in [0.25, 0.3) is 17.3 Å². The van der Waals surface area contributed by atoms with Crippen LogP contribution in [0.3, 0.4) is 0 Å². The molecule has 0 saturated carbocycles. The van der Waals surface area contributed by atoms with Gasteiger partial charge in [-0.3, -0.25) is 24.2 Å². The van der Waals surface area contributed by atoms with Gasteiger partial charge in [0.25, 0.3) is 5.91 Å². The maximum Gasteiger partial charge on any atom is 0.323 e. The van der Waals surface area contributed by atoms with Gasteiger partial charge >= 0.3 is 5.97 Å². The molecule has 150 valence electrons. The van der Waals surface area contributed by atoms with Gasteiger partial charge in [-0.25, -0.2) is 0 Å². The van der Waals surface area contributed by atoms with Gasteiger partial charge in [-0.05, 0) is 23.8 Å². The van der Waals surface area contributed by atoms with Crippen molar-refractivity contribution < 1.29 is 14.7 Å². The molecule has 0 aliphatic carbocycles. The Bertz CT molecular complexity index is 1140. The number of aromatic nitrogens is 3. The Morgan fingerprint density at radius 2 is 2.00 bits per heavy atom. The number of thioether (sulfide) groups is 1. The first-order valence-electron chi connectivity index (χ1n) is 9.00. The molecule has 3 heterocycles. The number of thiocarbonyl (C=S) groups is 1. The number of nitrogens with zero attached hydrogens (tertiary/aromatic N) is 4. The summed E-state index contributed by atoms with van der Waals surface area (Å²) in [6.45, 7) is 0.118. The molecule has 4 rings (SSSR count). The first kappa shape index (κ1) is 20.0. The number of rotatable bonds is 6. The van der Waals surface area contributed by atoms with Crippen LogP contribution in [-0.4, -0.2) is 47.5 Å². The number of pyridine rings is 1. The maximum atomic E-state index is 12.6. The van der Waals surface area contributed by atoms with Crippen molar-refractivity contribution >= 4 is 46.3 Å². The molecule has 3 aromatic rings. The molecule has 1 aromatic carbocycles. The fourth-order valence-electron chi connectivity index (χ4n) is 3.03. The van der Waals surface area contributed by atoms with E-state index in [1.165, 1.54) is 0 Å². The number of carboxylic acids is 1. The third-order valence-corrected chi connectivity index (χ3v) is 5.74. The molecule has 0 spiro atoms. The van der Waals surface area contributed by atoms with Gasteiger partial charge in [0.05, 0.1) is 11.4 Å². The summed E-state index contributed by atoms with van der Waals surface area (Å²) in [5.74, 6) is -1.53. The van der Waals surface area contributed by atoms with Gasteiger partial charge in [0.2, 0.25) is 0 Å². The average Bonchev–Trinajstić information content (AvgIpc) is 3.25.